The number of aryl methyl sites for hydroxylation is 1. The van der Waals surface area contributed by atoms with Crippen molar-refractivity contribution in [3.05, 3.63) is 72.3 Å². The first kappa shape index (κ1) is 25.7. The Kier molecular flexibility index (Phi) is 8.41. The second-order valence-electron chi connectivity index (χ2n) is 9.69. The fourth-order valence-corrected chi connectivity index (χ4v) is 4.23. The Hall–Kier alpha value is -2.90. The van der Waals surface area contributed by atoms with Crippen LogP contribution < -0.4 is 9.47 Å². The molecule has 6 heteroatoms. The predicted molar refractivity (Wildman–Crippen MR) is 143 cm³/mol. The van der Waals surface area contributed by atoms with Crippen LogP contribution in [0.3, 0.4) is 0 Å². The standard InChI is InChI=1S/C31H36O6/c1-21-18-27(10-13-29(21)35-17-15-33-20-31-23(3)37-31)26-6-4-24(5-7-26)25-8-11-28(12-9-25)34-16-14-32-19-30-22(2)36-30/h4-13,18,22-23,30-31H,14-17,19-20H2,1-3H3. The molecule has 0 radical (unpaired) electrons. The van der Waals surface area contributed by atoms with E-state index in [2.05, 4.69) is 69.3 Å². The number of hydrogen-bond acceptors (Lipinski definition) is 6. The molecule has 4 unspecified atom stereocenters. The van der Waals surface area contributed by atoms with Gasteiger partial charge in [-0.2, -0.15) is 0 Å². The lowest BCUT2D eigenvalue weighted by atomic mass is 9.99. The van der Waals surface area contributed by atoms with E-state index >= 15 is 0 Å². The maximum atomic E-state index is 5.91. The zero-order valence-electron chi connectivity index (χ0n) is 21.9. The average Bonchev–Trinajstić information content (AvgIpc) is 3.82. The molecule has 2 aliphatic heterocycles. The van der Waals surface area contributed by atoms with E-state index < -0.39 is 0 Å². The van der Waals surface area contributed by atoms with E-state index in [0.717, 1.165) is 22.6 Å². The third-order valence-electron chi connectivity index (χ3n) is 6.80. The first-order valence-electron chi connectivity index (χ1n) is 13.1. The Balaban J connectivity index is 1.08. The maximum absolute atomic E-state index is 5.91. The van der Waals surface area contributed by atoms with Crippen LogP contribution in [0.4, 0.5) is 0 Å². The molecule has 2 heterocycles. The van der Waals surface area contributed by atoms with Crippen molar-refractivity contribution in [3.8, 4) is 33.8 Å². The largest absolute Gasteiger partial charge is 0.491 e. The first-order valence-corrected chi connectivity index (χ1v) is 13.1. The molecule has 3 aromatic rings. The predicted octanol–water partition coefficient (Wildman–Crippen LogP) is 5.69. The third-order valence-corrected chi connectivity index (χ3v) is 6.80. The van der Waals surface area contributed by atoms with E-state index in [4.69, 9.17) is 28.4 Å². The summed E-state index contributed by atoms with van der Waals surface area (Å²) < 4.78 is 33.6. The summed E-state index contributed by atoms with van der Waals surface area (Å²) in [6.45, 7) is 9.65. The van der Waals surface area contributed by atoms with Crippen LogP contribution in [0.15, 0.2) is 66.7 Å². The van der Waals surface area contributed by atoms with Crippen molar-refractivity contribution >= 4 is 0 Å². The monoisotopic (exact) mass is 504 g/mol. The number of benzene rings is 3. The minimum absolute atomic E-state index is 0.257. The van der Waals surface area contributed by atoms with Gasteiger partial charge in [0.25, 0.3) is 0 Å². The van der Waals surface area contributed by atoms with Gasteiger partial charge in [0.05, 0.1) is 38.6 Å². The second-order valence-corrected chi connectivity index (χ2v) is 9.69. The summed E-state index contributed by atoms with van der Waals surface area (Å²) in [4.78, 5) is 0. The van der Waals surface area contributed by atoms with Gasteiger partial charge in [-0.1, -0.05) is 42.5 Å². The molecule has 196 valence electrons. The molecule has 0 bridgehead atoms. The van der Waals surface area contributed by atoms with Gasteiger partial charge in [-0.15, -0.1) is 0 Å². The van der Waals surface area contributed by atoms with Crippen molar-refractivity contribution in [2.45, 2.75) is 45.2 Å². The molecular weight excluding hydrogens is 468 g/mol. The van der Waals surface area contributed by atoms with Gasteiger partial charge in [-0.05, 0) is 72.9 Å². The third kappa shape index (κ3) is 7.33. The molecule has 5 rings (SSSR count). The second kappa shape index (κ2) is 12.1. The fourth-order valence-electron chi connectivity index (χ4n) is 4.23. The quantitative estimate of drug-likeness (QED) is 0.208. The van der Waals surface area contributed by atoms with Crippen LogP contribution in [-0.4, -0.2) is 64.1 Å². The molecule has 0 aliphatic carbocycles. The van der Waals surface area contributed by atoms with Gasteiger partial charge >= 0.3 is 0 Å². The lowest BCUT2D eigenvalue weighted by molar-refractivity contribution is 0.0876. The number of rotatable bonds is 14. The van der Waals surface area contributed by atoms with E-state index in [0.29, 0.717) is 51.8 Å². The molecule has 0 amide bonds. The zero-order chi connectivity index (χ0) is 25.6. The van der Waals surface area contributed by atoms with Crippen molar-refractivity contribution < 1.29 is 28.4 Å². The van der Waals surface area contributed by atoms with Crippen LogP contribution >= 0.6 is 0 Å². The van der Waals surface area contributed by atoms with E-state index in [9.17, 15) is 0 Å². The smallest absolute Gasteiger partial charge is 0.122 e. The Morgan fingerprint density at radius 3 is 1.57 bits per heavy atom. The van der Waals surface area contributed by atoms with Crippen LogP contribution in [0.1, 0.15) is 19.4 Å². The van der Waals surface area contributed by atoms with Crippen molar-refractivity contribution in [1.82, 2.24) is 0 Å². The van der Waals surface area contributed by atoms with Gasteiger partial charge < -0.3 is 28.4 Å². The highest BCUT2D eigenvalue weighted by atomic mass is 16.6. The maximum Gasteiger partial charge on any atom is 0.122 e. The fraction of sp³-hybridized carbons (Fsp3) is 0.419. The lowest BCUT2D eigenvalue weighted by Gasteiger charge is -2.12. The summed E-state index contributed by atoms with van der Waals surface area (Å²) in [6.07, 6.45) is 1.18. The van der Waals surface area contributed by atoms with Gasteiger partial charge in [0.1, 0.15) is 36.9 Å². The molecule has 6 nitrogen and oxygen atoms in total. The van der Waals surface area contributed by atoms with E-state index in [-0.39, 0.29) is 12.2 Å². The molecule has 0 N–H and O–H groups in total. The van der Waals surface area contributed by atoms with Gasteiger partial charge in [0.2, 0.25) is 0 Å². The molecule has 0 spiro atoms. The van der Waals surface area contributed by atoms with Crippen LogP contribution in [0.5, 0.6) is 11.5 Å². The molecule has 4 atom stereocenters. The molecule has 0 saturated carbocycles. The van der Waals surface area contributed by atoms with E-state index in [1.165, 1.54) is 16.7 Å². The van der Waals surface area contributed by atoms with Crippen molar-refractivity contribution in [3.63, 3.8) is 0 Å². The summed E-state index contributed by atoms with van der Waals surface area (Å²) in [5, 5.41) is 0. The minimum Gasteiger partial charge on any atom is -0.491 e. The van der Waals surface area contributed by atoms with Gasteiger partial charge in [0.15, 0.2) is 0 Å². The van der Waals surface area contributed by atoms with Crippen LogP contribution in [0.2, 0.25) is 0 Å². The van der Waals surface area contributed by atoms with Crippen LogP contribution in [0.25, 0.3) is 22.3 Å². The molecule has 0 aromatic heterocycles. The number of epoxide rings is 2. The highest BCUT2D eigenvalue weighted by Crippen LogP contribution is 2.29. The minimum atomic E-state index is 0.257. The topological polar surface area (TPSA) is 62.0 Å². The summed E-state index contributed by atoms with van der Waals surface area (Å²) in [7, 11) is 0. The lowest BCUT2D eigenvalue weighted by Crippen LogP contribution is -2.11. The first-order chi connectivity index (χ1) is 18.1. The Bertz CT molecular complexity index is 1140. The zero-order valence-corrected chi connectivity index (χ0v) is 21.9. The highest BCUT2D eigenvalue weighted by molar-refractivity contribution is 5.71. The SMILES string of the molecule is Cc1cc(-c2ccc(-c3ccc(OCCOCC4OC4C)cc3)cc2)ccc1OCCOCC1OC1C. The average molecular weight is 505 g/mol. The number of ether oxygens (including phenoxy) is 6. The van der Waals surface area contributed by atoms with Crippen molar-refractivity contribution in [2.75, 3.05) is 39.6 Å². The highest BCUT2D eigenvalue weighted by Gasteiger charge is 2.34. The Morgan fingerprint density at radius 1 is 0.595 bits per heavy atom. The molecule has 3 aromatic carbocycles. The normalized spacial score (nSPS) is 22.0. The van der Waals surface area contributed by atoms with Crippen molar-refractivity contribution in [2.24, 2.45) is 0 Å². The number of hydrogen-bond donors (Lipinski definition) is 0. The van der Waals surface area contributed by atoms with Gasteiger partial charge in [-0.3, -0.25) is 0 Å². The summed E-state index contributed by atoms with van der Waals surface area (Å²) in [6, 6.07) is 23.1. The van der Waals surface area contributed by atoms with Crippen LogP contribution in [-0.2, 0) is 18.9 Å². The summed E-state index contributed by atoms with van der Waals surface area (Å²) in [5.41, 5.74) is 5.77. The molecule has 2 aliphatic rings. The molecule has 37 heavy (non-hydrogen) atoms. The Labute approximate surface area is 219 Å². The van der Waals surface area contributed by atoms with Crippen molar-refractivity contribution in [1.29, 1.82) is 0 Å². The van der Waals surface area contributed by atoms with Gasteiger partial charge in [-0.25, -0.2) is 0 Å². The van der Waals surface area contributed by atoms with Gasteiger partial charge in [0, 0.05) is 0 Å². The van der Waals surface area contributed by atoms with E-state index in [1.807, 2.05) is 18.2 Å². The van der Waals surface area contributed by atoms with Crippen LogP contribution in [0, 0.1) is 6.92 Å². The molecule has 2 saturated heterocycles. The summed E-state index contributed by atoms with van der Waals surface area (Å²) in [5.74, 6) is 1.73. The van der Waals surface area contributed by atoms with E-state index in [1.54, 1.807) is 0 Å². The summed E-state index contributed by atoms with van der Waals surface area (Å²) >= 11 is 0. The molecule has 2 fully saturated rings. The molecular formula is C31H36O6. The Morgan fingerprint density at radius 2 is 1.05 bits per heavy atom.